The van der Waals surface area contributed by atoms with Crippen LogP contribution in [-0.2, 0) is 25.2 Å². The van der Waals surface area contributed by atoms with E-state index < -0.39 is 18.0 Å². The number of methoxy groups -OCH3 is 1. The van der Waals surface area contributed by atoms with E-state index in [0.29, 0.717) is 60.8 Å². The van der Waals surface area contributed by atoms with Crippen LogP contribution in [0, 0.1) is 0 Å². The number of nitrogens with one attached hydrogen (secondary N) is 6. The molecule has 0 saturated heterocycles. The molecule has 79 heavy (non-hydrogen) atoms. The molecule has 6 heterocycles. The molecule has 0 unspecified atom stereocenters. The third-order valence-electron chi connectivity index (χ3n) is 11.9. The molecule has 0 atom stereocenters. The molecule has 0 aliphatic heterocycles. The van der Waals surface area contributed by atoms with Gasteiger partial charge >= 0.3 is 24.0 Å². The van der Waals surface area contributed by atoms with Crippen LogP contribution in [0.4, 0.5) is 32.6 Å². The number of hydrogen-bond donors (Lipinski definition) is 7. The summed E-state index contributed by atoms with van der Waals surface area (Å²) in [6, 6.07) is 29.3. The van der Waals surface area contributed by atoms with Crippen molar-refractivity contribution in [3.63, 3.8) is 0 Å². The number of carbonyl (C=O) groups excluding carboxylic acids is 3. The summed E-state index contributed by atoms with van der Waals surface area (Å²) in [5.41, 5.74) is 6.43. The van der Waals surface area contributed by atoms with Crippen molar-refractivity contribution in [3.05, 3.63) is 121 Å². The molecule has 6 aromatic heterocycles. The topological polar surface area (TPSA) is 275 Å². The van der Waals surface area contributed by atoms with Gasteiger partial charge in [-0.15, -0.1) is 0 Å². The average Bonchev–Trinajstić information content (AvgIpc) is 4.48. The zero-order chi connectivity index (χ0) is 55.8. The van der Waals surface area contributed by atoms with Crippen molar-refractivity contribution in [2.45, 2.75) is 52.4 Å². The Morgan fingerprint density at radius 2 is 1.01 bits per heavy atom. The predicted octanol–water partition coefficient (Wildman–Crippen LogP) is 10.5. The minimum atomic E-state index is -0.897. The van der Waals surface area contributed by atoms with Crippen LogP contribution < -0.4 is 41.4 Å². The molecular formula is C55H58N12O10S2. The van der Waals surface area contributed by atoms with E-state index in [9.17, 15) is 19.2 Å². The molecule has 4 amide bonds. The van der Waals surface area contributed by atoms with E-state index in [1.807, 2.05) is 143 Å². The molecule has 0 spiro atoms. The van der Waals surface area contributed by atoms with E-state index in [0.717, 1.165) is 64.4 Å². The molecule has 24 heteroatoms. The number of carboxylic acids is 1. The Hall–Kier alpha value is -8.84. The highest BCUT2D eigenvalue weighted by Crippen LogP contribution is 2.34. The Labute approximate surface area is 460 Å². The number of anilines is 4. The van der Waals surface area contributed by atoms with Gasteiger partial charge in [0.2, 0.25) is 0 Å². The third kappa shape index (κ3) is 14.0. The number of aromatic nitrogens is 6. The number of amides is 4. The Morgan fingerprint density at radius 1 is 0.582 bits per heavy atom. The van der Waals surface area contributed by atoms with E-state index in [4.69, 9.17) is 33.6 Å². The summed E-state index contributed by atoms with van der Waals surface area (Å²) in [6.07, 6.45) is 3.98. The van der Waals surface area contributed by atoms with Crippen molar-refractivity contribution in [1.29, 1.82) is 0 Å². The Balaban J connectivity index is 0.000000192. The highest BCUT2D eigenvalue weighted by molar-refractivity contribution is 7.24. The van der Waals surface area contributed by atoms with Gasteiger partial charge in [0.15, 0.2) is 21.6 Å². The van der Waals surface area contributed by atoms with Gasteiger partial charge in [0.25, 0.3) is 0 Å². The molecule has 10 rings (SSSR count). The van der Waals surface area contributed by atoms with Gasteiger partial charge in [-0.3, -0.25) is 29.0 Å². The number of aliphatic carboxylic acids is 1. The number of urea groups is 2. The summed E-state index contributed by atoms with van der Waals surface area (Å²) >= 11 is 3.13. The van der Waals surface area contributed by atoms with Crippen LogP contribution in [0.3, 0.4) is 0 Å². The van der Waals surface area contributed by atoms with Gasteiger partial charge in [0, 0.05) is 70.9 Å². The molecule has 0 bridgehead atoms. The number of benzene rings is 4. The molecule has 0 aliphatic carbocycles. The number of nitrogens with zero attached hydrogens (tertiary/aromatic N) is 6. The second-order valence-corrected chi connectivity index (χ2v) is 22.0. The lowest BCUT2D eigenvalue weighted by atomic mass is 9.93. The molecule has 0 fully saturated rings. The van der Waals surface area contributed by atoms with Gasteiger partial charge in [0.05, 0.1) is 52.0 Å². The number of ether oxygens (including phenoxy) is 3. The smallest absolute Gasteiger partial charge is 0.324 e. The highest BCUT2D eigenvalue weighted by atomic mass is 32.1. The van der Waals surface area contributed by atoms with Crippen LogP contribution in [0.15, 0.2) is 119 Å². The van der Waals surface area contributed by atoms with Gasteiger partial charge in [-0.2, -0.15) is 0 Å². The van der Waals surface area contributed by atoms with Crippen molar-refractivity contribution < 1.29 is 47.5 Å². The number of fused-ring (bicyclic) bond motifs is 6. The Kier molecular flexibility index (Phi) is 16.6. The molecule has 0 aliphatic rings. The number of hydrogen-bond acceptors (Lipinski definition) is 17. The van der Waals surface area contributed by atoms with Crippen molar-refractivity contribution in [1.82, 2.24) is 39.7 Å². The number of thiazole rings is 2. The lowest BCUT2D eigenvalue weighted by Gasteiger charge is -2.12. The molecule has 7 N–H and O–H groups in total. The van der Waals surface area contributed by atoms with Crippen LogP contribution in [0.5, 0.6) is 11.5 Å². The van der Waals surface area contributed by atoms with E-state index in [2.05, 4.69) is 51.4 Å². The first-order chi connectivity index (χ1) is 37.8. The minimum absolute atomic E-state index is 0.0935. The monoisotopic (exact) mass is 1110 g/mol. The standard InChI is InChI=1S/C28H30N6O5S.C27H28N6O5S/c1-28(2,3)23-14-24(33-39-23)32-26(36)30-18-7-5-17(6-8-18)20-16-34-21-10-9-19(13-22(21)40-27(34)31-20)38-12-11-29-15-25(35)37-4;1-27(2,3)22-13-23(32-38-22)31-25(36)29-17-6-4-16(5-7-17)19-15-33-20-9-8-18(12-21(20)39-26(33)30-19)37-11-10-28-14-24(34)35/h5-10,13-14,16,29H,11-12,15H2,1-4H3,(H2,30,32,33,36);4-9,12-13,15,28H,10-11,14H2,1-3H3,(H,34,35)(H2,29,31,32,36). The SMILES string of the molecule is CC(C)(C)c1cc(NC(=O)Nc2ccc(-c3cn4c(n3)sc3cc(OCCNCC(=O)O)ccc34)cc2)no1.COC(=O)CNCCOc1ccc2c(c1)sc1nc(-c3ccc(NC(=O)Nc4cc(C(C)(C)C)on4)cc3)cn12. The second-order valence-electron chi connectivity index (χ2n) is 20.0. The first kappa shape index (κ1) is 54.9. The van der Waals surface area contributed by atoms with Crippen molar-refractivity contribution in [2.24, 2.45) is 0 Å². The molecule has 4 aromatic carbocycles. The average molecular weight is 1110 g/mol. The summed E-state index contributed by atoms with van der Waals surface area (Å²) < 4.78 is 32.9. The van der Waals surface area contributed by atoms with Gasteiger partial charge in [-0.25, -0.2) is 19.6 Å². The van der Waals surface area contributed by atoms with E-state index in [1.54, 1.807) is 34.8 Å². The number of imidazole rings is 2. The summed E-state index contributed by atoms with van der Waals surface area (Å²) in [5.74, 6) is 2.35. The maximum atomic E-state index is 12.4. The lowest BCUT2D eigenvalue weighted by Crippen LogP contribution is -2.27. The van der Waals surface area contributed by atoms with Crippen molar-refractivity contribution in [2.75, 3.05) is 67.8 Å². The molecule has 22 nitrogen and oxygen atoms in total. The second kappa shape index (κ2) is 23.8. The van der Waals surface area contributed by atoms with Crippen LogP contribution in [0.25, 0.3) is 52.9 Å². The summed E-state index contributed by atoms with van der Waals surface area (Å²) in [6.45, 7) is 13.9. The summed E-state index contributed by atoms with van der Waals surface area (Å²) in [4.78, 5) is 57.8. The van der Waals surface area contributed by atoms with Crippen LogP contribution >= 0.6 is 22.7 Å². The fraction of sp³-hybridized carbons (Fsp3) is 0.273. The fourth-order valence-corrected chi connectivity index (χ4v) is 9.81. The Bertz CT molecular complexity index is 3770. The first-order valence-electron chi connectivity index (χ1n) is 25.0. The van der Waals surface area contributed by atoms with Gasteiger partial charge < -0.3 is 49.6 Å². The predicted molar refractivity (Wildman–Crippen MR) is 304 cm³/mol. The van der Waals surface area contributed by atoms with Gasteiger partial charge in [-0.05, 0) is 60.7 Å². The molecule has 0 radical (unpaired) electrons. The zero-order valence-electron chi connectivity index (χ0n) is 44.3. The number of rotatable bonds is 18. The third-order valence-corrected chi connectivity index (χ3v) is 13.9. The van der Waals surface area contributed by atoms with Crippen molar-refractivity contribution in [3.8, 4) is 34.0 Å². The normalized spacial score (nSPS) is 11.6. The van der Waals surface area contributed by atoms with E-state index in [1.165, 1.54) is 7.11 Å². The fourth-order valence-electron chi connectivity index (χ4n) is 7.74. The minimum Gasteiger partial charge on any atom is -0.492 e. The largest absolute Gasteiger partial charge is 0.492 e. The first-order valence-corrected chi connectivity index (χ1v) is 26.6. The summed E-state index contributed by atoms with van der Waals surface area (Å²) in [5, 5.41) is 33.2. The summed E-state index contributed by atoms with van der Waals surface area (Å²) in [7, 11) is 1.36. The van der Waals surface area contributed by atoms with E-state index >= 15 is 0 Å². The molecule has 10 aromatic rings. The van der Waals surface area contributed by atoms with Crippen molar-refractivity contribution >= 4 is 100 Å². The number of carbonyl (C=O) groups is 4. The Morgan fingerprint density at radius 3 is 1.41 bits per heavy atom. The molecular weight excluding hydrogens is 1050 g/mol. The zero-order valence-corrected chi connectivity index (χ0v) is 45.9. The lowest BCUT2D eigenvalue weighted by molar-refractivity contribution is -0.139. The van der Waals surface area contributed by atoms with Gasteiger partial charge in [0.1, 0.15) is 36.2 Å². The van der Waals surface area contributed by atoms with Crippen LogP contribution in [-0.4, -0.2) is 105 Å². The maximum Gasteiger partial charge on any atom is 0.324 e. The van der Waals surface area contributed by atoms with Crippen LogP contribution in [0.1, 0.15) is 53.1 Å². The molecule has 0 saturated carbocycles. The highest BCUT2D eigenvalue weighted by Gasteiger charge is 2.22. The van der Waals surface area contributed by atoms with Gasteiger partial charge in [-0.1, -0.05) is 98.8 Å². The van der Waals surface area contributed by atoms with E-state index in [-0.39, 0.29) is 29.9 Å². The maximum absolute atomic E-state index is 12.4. The number of carboxylic acid groups (broad SMARTS) is 1. The van der Waals surface area contributed by atoms with Crippen LogP contribution in [0.2, 0.25) is 0 Å². The number of esters is 1. The molecule has 410 valence electrons. The quantitative estimate of drug-likeness (QED) is 0.0311.